The molecule has 0 aromatic carbocycles. The first-order valence-corrected chi connectivity index (χ1v) is 6.33. The molecule has 0 spiro atoms. The van der Waals surface area contributed by atoms with Crippen molar-refractivity contribution in [3.8, 4) is 6.07 Å². The van der Waals surface area contributed by atoms with Crippen molar-refractivity contribution in [2.75, 3.05) is 33.2 Å². The molecule has 1 fully saturated rings. The number of likely N-dealkylation sites (N-methyl/N-ethyl adjacent to an activating group) is 1. The summed E-state index contributed by atoms with van der Waals surface area (Å²) in [6, 6.07) is 2.53. The summed E-state index contributed by atoms with van der Waals surface area (Å²) < 4.78 is 0. The Hall–Kier alpha value is -0.590. The van der Waals surface area contributed by atoms with Gasteiger partial charge in [0, 0.05) is 26.2 Å². The first kappa shape index (κ1) is 13.5. The molecule has 1 unspecified atom stereocenters. The van der Waals surface area contributed by atoms with Gasteiger partial charge in [-0.25, -0.2) is 0 Å². The molecule has 0 radical (unpaired) electrons. The van der Waals surface area contributed by atoms with E-state index in [9.17, 15) is 5.26 Å². The molecule has 1 aliphatic heterocycles. The number of nitriles is 1. The van der Waals surface area contributed by atoms with Crippen molar-refractivity contribution in [2.45, 2.75) is 39.2 Å². The van der Waals surface area contributed by atoms with E-state index in [0.29, 0.717) is 5.92 Å². The van der Waals surface area contributed by atoms with Crippen molar-refractivity contribution in [2.24, 2.45) is 5.92 Å². The fourth-order valence-corrected chi connectivity index (χ4v) is 2.15. The lowest BCUT2D eigenvalue weighted by atomic mass is 9.91. The third kappa shape index (κ3) is 3.47. The third-order valence-electron chi connectivity index (χ3n) is 3.65. The van der Waals surface area contributed by atoms with Gasteiger partial charge in [-0.1, -0.05) is 13.8 Å². The summed E-state index contributed by atoms with van der Waals surface area (Å²) in [5.41, 5.74) is -0.258. The van der Waals surface area contributed by atoms with Crippen LogP contribution in [0, 0.1) is 17.2 Å². The second-order valence-electron chi connectivity index (χ2n) is 5.61. The normalized spacial score (nSPS) is 23.0. The van der Waals surface area contributed by atoms with E-state index in [1.807, 2.05) is 0 Å². The highest BCUT2D eigenvalue weighted by atomic mass is 15.3. The van der Waals surface area contributed by atoms with Crippen LogP contribution < -0.4 is 0 Å². The van der Waals surface area contributed by atoms with Gasteiger partial charge in [-0.3, -0.25) is 4.90 Å². The predicted molar refractivity (Wildman–Crippen MR) is 67.2 cm³/mol. The number of nitrogens with zero attached hydrogens (tertiary/aromatic N) is 3. The van der Waals surface area contributed by atoms with Crippen molar-refractivity contribution in [1.29, 1.82) is 5.26 Å². The molecule has 1 saturated heterocycles. The van der Waals surface area contributed by atoms with Gasteiger partial charge in [-0.15, -0.1) is 0 Å². The van der Waals surface area contributed by atoms with Crippen molar-refractivity contribution >= 4 is 0 Å². The zero-order chi connectivity index (χ0) is 12.2. The van der Waals surface area contributed by atoms with Gasteiger partial charge in [-0.05, 0) is 32.7 Å². The zero-order valence-corrected chi connectivity index (χ0v) is 11.2. The zero-order valence-electron chi connectivity index (χ0n) is 11.2. The van der Waals surface area contributed by atoms with Gasteiger partial charge in [-0.2, -0.15) is 5.26 Å². The minimum Gasteiger partial charge on any atom is -0.304 e. The van der Waals surface area contributed by atoms with E-state index in [2.05, 4.69) is 43.7 Å². The molecule has 3 nitrogen and oxygen atoms in total. The Labute approximate surface area is 100 Å². The summed E-state index contributed by atoms with van der Waals surface area (Å²) in [5.74, 6) is 0.681. The van der Waals surface area contributed by atoms with Gasteiger partial charge in [0.2, 0.25) is 0 Å². The Balaban J connectivity index is 2.55. The standard InChI is InChI=1S/C13H25N3/c1-12(2)5-6-13(3,11-14)16-9-7-15(4)8-10-16/h12H,5-10H2,1-4H3. The van der Waals surface area contributed by atoms with Crippen LogP contribution >= 0.6 is 0 Å². The van der Waals surface area contributed by atoms with E-state index >= 15 is 0 Å². The smallest absolute Gasteiger partial charge is 0.106 e. The molecule has 92 valence electrons. The fourth-order valence-electron chi connectivity index (χ4n) is 2.15. The number of rotatable bonds is 4. The van der Waals surface area contributed by atoms with Crippen LogP contribution in [0.1, 0.15) is 33.6 Å². The molecule has 0 saturated carbocycles. The minimum atomic E-state index is -0.258. The summed E-state index contributed by atoms with van der Waals surface area (Å²) in [7, 11) is 2.15. The molecular weight excluding hydrogens is 198 g/mol. The van der Waals surface area contributed by atoms with Crippen molar-refractivity contribution in [3.63, 3.8) is 0 Å². The van der Waals surface area contributed by atoms with Crippen LogP contribution in [0.2, 0.25) is 0 Å². The van der Waals surface area contributed by atoms with Crippen molar-refractivity contribution in [3.05, 3.63) is 0 Å². The second-order valence-corrected chi connectivity index (χ2v) is 5.61. The van der Waals surface area contributed by atoms with E-state index in [0.717, 1.165) is 39.0 Å². The van der Waals surface area contributed by atoms with Crippen LogP contribution in [-0.2, 0) is 0 Å². The lowest BCUT2D eigenvalue weighted by molar-refractivity contribution is 0.0752. The highest BCUT2D eigenvalue weighted by Crippen LogP contribution is 2.24. The molecule has 0 aliphatic carbocycles. The van der Waals surface area contributed by atoms with Gasteiger partial charge in [0.05, 0.1) is 6.07 Å². The monoisotopic (exact) mass is 223 g/mol. The minimum absolute atomic E-state index is 0.258. The van der Waals surface area contributed by atoms with Crippen LogP contribution in [0.4, 0.5) is 0 Å². The van der Waals surface area contributed by atoms with E-state index in [1.165, 1.54) is 0 Å². The SMILES string of the molecule is CC(C)CCC(C)(C#N)N1CCN(C)CC1. The first-order valence-electron chi connectivity index (χ1n) is 6.33. The summed E-state index contributed by atoms with van der Waals surface area (Å²) in [5, 5.41) is 9.41. The van der Waals surface area contributed by atoms with Gasteiger partial charge in [0.1, 0.15) is 5.54 Å². The molecule has 0 aromatic heterocycles. The third-order valence-corrected chi connectivity index (χ3v) is 3.65. The maximum Gasteiger partial charge on any atom is 0.106 e. The lowest BCUT2D eigenvalue weighted by Crippen LogP contribution is -2.54. The first-order chi connectivity index (χ1) is 7.48. The molecule has 1 heterocycles. The summed E-state index contributed by atoms with van der Waals surface area (Å²) >= 11 is 0. The predicted octanol–water partition coefficient (Wildman–Crippen LogP) is 1.95. The van der Waals surface area contributed by atoms with E-state index in [4.69, 9.17) is 0 Å². The van der Waals surface area contributed by atoms with E-state index < -0.39 is 0 Å². The van der Waals surface area contributed by atoms with Gasteiger partial charge in [0.15, 0.2) is 0 Å². The Bertz CT molecular complexity index is 248. The number of piperazine rings is 1. The summed E-state index contributed by atoms with van der Waals surface area (Å²) in [6.45, 7) is 10.8. The molecule has 0 amide bonds. The average Bonchev–Trinajstić information content (AvgIpc) is 2.27. The topological polar surface area (TPSA) is 30.3 Å². The maximum absolute atomic E-state index is 9.41. The maximum atomic E-state index is 9.41. The lowest BCUT2D eigenvalue weighted by Gasteiger charge is -2.41. The van der Waals surface area contributed by atoms with Gasteiger partial charge in [0.25, 0.3) is 0 Å². The van der Waals surface area contributed by atoms with Crippen LogP contribution in [-0.4, -0.2) is 48.6 Å². The van der Waals surface area contributed by atoms with Crippen LogP contribution in [0.25, 0.3) is 0 Å². The van der Waals surface area contributed by atoms with Crippen molar-refractivity contribution < 1.29 is 0 Å². The van der Waals surface area contributed by atoms with Gasteiger partial charge < -0.3 is 4.90 Å². The van der Waals surface area contributed by atoms with E-state index in [-0.39, 0.29) is 5.54 Å². The Morgan fingerprint density at radius 2 is 1.81 bits per heavy atom. The van der Waals surface area contributed by atoms with Crippen LogP contribution in [0.3, 0.4) is 0 Å². The molecule has 1 aliphatic rings. The quantitative estimate of drug-likeness (QED) is 0.730. The molecular formula is C13H25N3. The Morgan fingerprint density at radius 1 is 1.25 bits per heavy atom. The molecule has 3 heteroatoms. The molecule has 0 N–H and O–H groups in total. The molecule has 0 bridgehead atoms. The summed E-state index contributed by atoms with van der Waals surface area (Å²) in [4.78, 5) is 4.69. The fraction of sp³-hybridized carbons (Fsp3) is 0.923. The van der Waals surface area contributed by atoms with Gasteiger partial charge >= 0.3 is 0 Å². The molecule has 0 aromatic rings. The Morgan fingerprint density at radius 3 is 2.25 bits per heavy atom. The van der Waals surface area contributed by atoms with Crippen LogP contribution in [0.5, 0.6) is 0 Å². The molecule has 16 heavy (non-hydrogen) atoms. The van der Waals surface area contributed by atoms with E-state index in [1.54, 1.807) is 0 Å². The average molecular weight is 223 g/mol. The van der Waals surface area contributed by atoms with Crippen molar-refractivity contribution in [1.82, 2.24) is 9.80 Å². The number of hydrogen-bond acceptors (Lipinski definition) is 3. The molecule has 1 atom stereocenters. The number of hydrogen-bond donors (Lipinski definition) is 0. The van der Waals surface area contributed by atoms with Crippen LogP contribution in [0.15, 0.2) is 0 Å². The second kappa shape index (κ2) is 5.65. The highest BCUT2D eigenvalue weighted by Gasteiger charge is 2.33. The summed E-state index contributed by atoms with van der Waals surface area (Å²) in [6.07, 6.45) is 2.13. The Kier molecular flexibility index (Phi) is 4.76. The molecule has 1 rings (SSSR count). The largest absolute Gasteiger partial charge is 0.304 e. The highest BCUT2D eigenvalue weighted by molar-refractivity contribution is 5.06.